The molecule has 0 radical (unpaired) electrons. The van der Waals surface area contributed by atoms with Crippen molar-refractivity contribution >= 4 is 34.4 Å². The maximum Gasteiger partial charge on any atom is 0.410 e. The first-order chi connectivity index (χ1) is 9.33. The van der Waals surface area contributed by atoms with E-state index in [0.29, 0.717) is 12.6 Å². The van der Waals surface area contributed by atoms with Gasteiger partial charge >= 0.3 is 6.09 Å². The second-order valence-corrected chi connectivity index (χ2v) is 7.31. The maximum atomic E-state index is 12.0. The molecule has 1 aliphatic heterocycles. The number of likely N-dealkylation sites (tertiary alicyclic amines) is 1. The van der Waals surface area contributed by atoms with E-state index in [0.717, 1.165) is 18.7 Å². The van der Waals surface area contributed by atoms with Gasteiger partial charge in [-0.15, -0.1) is 0 Å². The van der Waals surface area contributed by atoms with Crippen LogP contribution >= 0.6 is 22.6 Å². The van der Waals surface area contributed by atoms with Crippen molar-refractivity contribution in [3.8, 4) is 0 Å². The van der Waals surface area contributed by atoms with Gasteiger partial charge in [-0.2, -0.15) is 0 Å². The largest absolute Gasteiger partial charge is 0.444 e. The van der Waals surface area contributed by atoms with Gasteiger partial charge in [-0.25, -0.2) is 4.79 Å². The number of carbonyl (C=O) groups is 1. The smallest absolute Gasteiger partial charge is 0.410 e. The Morgan fingerprint density at radius 3 is 2.85 bits per heavy atom. The Hall–Kier alpha value is -0.980. The Morgan fingerprint density at radius 1 is 1.45 bits per heavy atom. The van der Waals surface area contributed by atoms with Crippen molar-refractivity contribution in [2.24, 2.45) is 0 Å². The van der Waals surface area contributed by atoms with Gasteiger partial charge in [0.1, 0.15) is 5.60 Å². The molecule has 5 heteroatoms. The lowest BCUT2D eigenvalue weighted by molar-refractivity contribution is 0.0293. The van der Waals surface area contributed by atoms with Gasteiger partial charge in [0.25, 0.3) is 0 Å². The number of amides is 1. The maximum absolute atomic E-state index is 12.0. The summed E-state index contributed by atoms with van der Waals surface area (Å²) in [7, 11) is 0. The molecule has 0 bridgehead atoms. The first-order valence-electron chi connectivity index (χ1n) is 6.83. The van der Waals surface area contributed by atoms with Crippen LogP contribution in [-0.2, 0) is 4.74 Å². The van der Waals surface area contributed by atoms with Crippen LogP contribution in [0, 0.1) is 3.57 Å². The molecule has 0 spiro atoms. The van der Waals surface area contributed by atoms with E-state index in [9.17, 15) is 4.79 Å². The first-order valence-corrected chi connectivity index (χ1v) is 7.91. The second-order valence-electron chi connectivity index (χ2n) is 6.07. The van der Waals surface area contributed by atoms with Crippen LogP contribution in [0.3, 0.4) is 0 Å². The number of hydrogen-bond donors (Lipinski definition) is 1. The van der Waals surface area contributed by atoms with Gasteiger partial charge in [0.15, 0.2) is 0 Å². The summed E-state index contributed by atoms with van der Waals surface area (Å²) in [5.74, 6) is 0. The number of carbonyl (C=O) groups excluding carboxylic acids is 1. The molecular formula is C15H21IN2O2. The van der Waals surface area contributed by atoms with Crippen molar-refractivity contribution in [2.45, 2.75) is 38.8 Å². The molecule has 0 aliphatic carbocycles. The topological polar surface area (TPSA) is 41.6 Å². The summed E-state index contributed by atoms with van der Waals surface area (Å²) in [6, 6.07) is 8.55. The van der Waals surface area contributed by atoms with Crippen LogP contribution in [0.15, 0.2) is 24.3 Å². The SMILES string of the molecule is CC(C)(C)OC(=O)N1CCC(Nc2cccc(I)c2)C1. The second kappa shape index (κ2) is 6.20. The summed E-state index contributed by atoms with van der Waals surface area (Å²) in [4.78, 5) is 13.8. The van der Waals surface area contributed by atoms with E-state index in [1.165, 1.54) is 3.57 Å². The van der Waals surface area contributed by atoms with Crippen LogP contribution < -0.4 is 5.32 Å². The van der Waals surface area contributed by atoms with Gasteiger partial charge in [-0.1, -0.05) is 6.07 Å². The molecule has 110 valence electrons. The lowest BCUT2D eigenvalue weighted by Crippen LogP contribution is -2.36. The molecule has 1 saturated heterocycles. The summed E-state index contributed by atoms with van der Waals surface area (Å²) in [5, 5.41) is 3.48. The number of benzene rings is 1. The quantitative estimate of drug-likeness (QED) is 0.786. The predicted octanol–water partition coefficient (Wildman–Crippen LogP) is 3.71. The minimum atomic E-state index is -0.432. The Labute approximate surface area is 134 Å². The molecule has 1 fully saturated rings. The third-order valence-corrected chi connectivity index (χ3v) is 3.71. The van der Waals surface area contributed by atoms with Gasteiger partial charge in [0.2, 0.25) is 0 Å². The average Bonchev–Trinajstić information content (AvgIpc) is 2.75. The van der Waals surface area contributed by atoms with Crippen molar-refractivity contribution in [3.63, 3.8) is 0 Å². The summed E-state index contributed by atoms with van der Waals surface area (Å²) in [6.45, 7) is 7.12. The molecule has 1 aliphatic rings. The molecule has 1 unspecified atom stereocenters. The number of ether oxygens (including phenoxy) is 1. The molecule has 1 heterocycles. The van der Waals surface area contributed by atoms with Crippen molar-refractivity contribution in [3.05, 3.63) is 27.8 Å². The van der Waals surface area contributed by atoms with E-state index < -0.39 is 5.60 Å². The Kier molecular flexibility index (Phi) is 4.78. The molecule has 1 atom stereocenters. The number of rotatable bonds is 2. The third-order valence-electron chi connectivity index (χ3n) is 3.04. The van der Waals surface area contributed by atoms with Crippen LogP contribution in [0.5, 0.6) is 0 Å². The van der Waals surface area contributed by atoms with Crippen molar-refractivity contribution in [1.82, 2.24) is 4.90 Å². The summed E-state index contributed by atoms with van der Waals surface area (Å²) >= 11 is 2.30. The minimum absolute atomic E-state index is 0.218. The zero-order chi connectivity index (χ0) is 14.8. The van der Waals surface area contributed by atoms with E-state index >= 15 is 0 Å². The number of nitrogens with zero attached hydrogens (tertiary/aromatic N) is 1. The van der Waals surface area contributed by atoms with Crippen molar-refractivity contribution in [1.29, 1.82) is 0 Å². The molecule has 20 heavy (non-hydrogen) atoms. The van der Waals surface area contributed by atoms with Gasteiger partial charge in [0.05, 0.1) is 0 Å². The highest BCUT2D eigenvalue weighted by molar-refractivity contribution is 14.1. The van der Waals surface area contributed by atoms with E-state index in [-0.39, 0.29) is 6.09 Å². The summed E-state index contributed by atoms with van der Waals surface area (Å²) in [6.07, 6.45) is 0.731. The average molecular weight is 388 g/mol. The van der Waals surface area contributed by atoms with Crippen LogP contribution in [0.4, 0.5) is 10.5 Å². The first kappa shape index (κ1) is 15.4. The van der Waals surface area contributed by atoms with Gasteiger partial charge in [-0.3, -0.25) is 0 Å². The fourth-order valence-corrected chi connectivity index (χ4v) is 2.73. The third kappa shape index (κ3) is 4.54. The zero-order valence-corrected chi connectivity index (χ0v) is 14.3. The molecule has 1 amide bonds. The molecule has 1 aromatic carbocycles. The van der Waals surface area contributed by atoms with E-state index in [4.69, 9.17) is 4.74 Å². The van der Waals surface area contributed by atoms with Crippen molar-refractivity contribution in [2.75, 3.05) is 18.4 Å². The van der Waals surface area contributed by atoms with Crippen LogP contribution in [0.1, 0.15) is 27.2 Å². The minimum Gasteiger partial charge on any atom is -0.444 e. The standard InChI is InChI=1S/C15H21IN2O2/c1-15(2,3)20-14(19)18-8-7-13(10-18)17-12-6-4-5-11(16)9-12/h4-6,9,13,17H,7-8,10H2,1-3H3. The Morgan fingerprint density at radius 2 is 2.20 bits per heavy atom. The molecule has 0 aromatic heterocycles. The predicted molar refractivity (Wildman–Crippen MR) is 89.0 cm³/mol. The highest BCUT2D eigenvalue weighted by atomic mass is 127. The normalized spacial score (nSPS) is 19.0. The number of hydrogen-bond acceptors (Lipinski definition) is 3. The summed E-state index contributed by atoms with van der Waals surface area (Å²) < 4.78 is 6.60. The van der Waals surface area contributed by atoms with Gasteiger partial charge < -0.3 is 15.0 Å². The molecule has 1 N–H and O–H groups in total. The summed E-state index contributed by atoms with van der Waals surface area (Å²) in [5.41, 5.74) is 0.672. The zero-order valence-electron chi connectivity index (χ0n) is 12.1. The van der Waals surface area contributed by atoms with E-state index in [2.05, 4.69) is 46.1 Å². The number of halogens is 1. The van der Waals surface area contributed by atoms with E-state index in [1.54, 1.807) is 4.90 Å². The molecule has 0 saturated carbocycles. The fraction of sp³-hybridized carbons (Fsp3) is 0.533. The highest BCUT2D eigenvalue weighted by Crippen LogP contribution is 2.19. The lowest BCUT2D eigenvalue weighted by atomic mass is 10.2. The highest BCUT2D eigenvalue weighted by Gasteiger charge is 2.29. The Balaban J connectivity index is 1.88. The molecular weight excluding hydrogens is 367 g/mol. The Bertz CT molecular complexity index is 485. The van der Waals surface area contributed by atoms with Crippen LogP contribution in [0.25, 0.3) is 0 Å². The molecule has 1 aromatic rings. The van der Waals surface area contributed by atoms with E-state index in [1.807, 2.05) is 26.8 Å². The molecule has 4 nitrogen and oxygen atoms in total. The molecule has 2 rings (SSSR count). The van der Waals surface area contributed by atoms with Gasteiger partial charge in [0, 0.05) is 28.4 Å². The van der Waals surface area contributed by atoms with Crippen LogP contribution in [0.2, 0.25) is 0 Å². The number of nitrogens with one attached hydrogen (secondary N) is 1. The number of anilines is 1. The van der Waals surface area contributed by atoms with Crippen molar-refractivity contribution < 1.29 is 9.53 Å². The lowest BCUT2D eigenvalue weighted by Gasteiger charge is -2.24. The van der Waals surface area contributed by atoms with Gasteiger partial charge in [-0.05, 0) is 68.0 Å². The van der Waals surface area contributed by atoms with Crippen LogP contribution in [-0.4, -0.2) is 35.7 Å². The monoisotopic (exact) mass is 388 g/mol. The fourth-order valence-electron chi connectivity index (χ4n) is 2.18.